The number of ketones is 1. The molecule has 1 aliphatic heterocycles. The van der Waals surface area contributed by atoms with E-state index in [1.165, 1.54) is 0 Å². The van der Waals surface area contributed by atoms with E-state index in [-0.39, 0.29) is 6.54 Å². The molecule has 1 fully saturated rings. The van der Waals surface area contributed by atoms with Crippen molar-refractivity contribution in [2.45, 2.75) is 0 Å². The maximum absolute atomic E-state index is 10.3. The third kappa shape index (κ3) is 0.658. The first-order valence-electron chi connectivity index (χ1n) is 2.27. The summed E-state index contributed by atoms with van der Waals surface area (Å²) in [5, 5.41) is 0. The van der Waals surface area contributed by atoms with Gasteiger partial charge >= 0.3 is 6.03 Å². The van der Waals surface area contributed by atoms with Gasteiger partial charge in [-0.05, 0) is 0 Å². The lowest BCUT2D eigenvalue weighted by molar-refractivity contribution is -0.151. The quantitative estimate of drug-likeness (QED) is 0.317. The van der Waals surface area contributed by atoms with E-state index in [9.17, 15) is 14.4 Å². The van der Waals surface area contributed by atoms with Gasteiger partial charge in [0.1, 0.15) is 0 Å². The number of nitrogens with two attached hydrogens (primary N) is 1. The Balaban J connectivity index is 2.62. The summed E-state index contributed by atoms with van der Waals surface area (Å²) < 4.78 is 0. The van der Waals surface area contributed by atoms with Crippen LogP contribution in [0.4, 0.5) is 4.79 Å². The summed E-state index contributed by atoms with van der Waals surface area (Å²) in [6.45, 7) is -0.159. The van der Waals surface area contributed by atoms with E-state index in [2.05, 4.69) is 5.73 Å². The second kappa shape index (κ2) is 1.54. The van der Waals surface area contributed by atoms with Crippen LogP contribution < -0.4 is 5.73 Å². The smallest absolute Gasteiger partial charge is 0.322 e. The third-order valence-electron chi connectivity index (χ3n) is 1.05. The number of amides is 3. The van der Waals surface area contributed by atoms with Crippen molar-refractivity contribution in [3.05, 3.63) is 0 Å². The number of hydrogen-bond donors (Lipinski definition) is 1. The molecule has 0 aromatic heterocycles. The molecule has 0 atom stereocenters. The Morgan fingerprint density at radius 2 is 2.11 bits per heavy atom. The summed E-state index contributed by atoms with van der Waals surface area (Å²) in [6.07, 6.45) is 0. The number of β-lactam (4-membered cyclic amide) rings is 1. The molecule has 48 valence electrons. The van der Waals surface area contributed by atoms with Gasteiger partial charge in [-0.3, -0.25) is 9.59 Å². The molecule has 0 saturated carbocycles. The molecule has 0 radical (unpaired) electrons. The third-order valence-corrected chi connectivity index (χ3v) is 1.05. The van der Waals surface area contributed by atoms with Crippen LogP contribution in [0.2, 0.25) is 0 Å². The van der Waals surface area contributed by atoms with Crippen LogP contribution in [-0.2, 0) is 9.59 Å². The van der Waals surface area contributed by atoms with Gasteiger partial charge in [0.25, 0.3) is 5.91 Å². The lowest BCUT2D eigenvalue weighted by Gasteiger charge is -2.23. The van der Waals surface area contributed by atoms with Gasteiger partial charge < -0.3 is 5.73 Å². The van der Waals surface area contributed by atoms with E-state index >= 15 is 0 Å². The van der Waals surface area contributed by atoms with E-state index in [1.54, 1.807) is 0 Å². The summed E-state index contributed by atoms with van der Waals surface area (Å²) in [6, 6.07) is -0.861. The molecule has 0 bridgehead atoms. The number of carbonyl (C=O) groups is 3. The molecule has 1 saturated heterocycles. The van der Waals surface area contributed by atoms with Crippen molar-refractivity contribution >= 4 is 17.7 Å². The van der Waals surface area contributed by atoms with Crippen LogP contribution in [0.25, 0.3) is 0 Å². The van der Waals surface area contributed by atoms with Gasteiger partial charge in [-0.1, -0.05) is 0 Å². The molecular weight excluding hydrogens is 124 g/mol. The highest BCUT2D eigenvalue weighted by Crippen LogP contribution is 2.02. The zero-order chi connectivity index (χ0) is 7.02. The molecule has 2 N–H and O–H groups in total. The summed E-state index contributed by atoms with van der Waals surface area (Å²) in [5.74, 6) is -1.36. The number of carbonyl (C=O) groups excluding carboxylic acids is 3. The molecule has 1 rings (SSSR count). The van der Waals surface area contributed by atoms with Crippen molar-refractivity contribution in [2.24, 2.45) is 5.73 Å². The molecule has 5 nitrogen and oxygen atoms in total. The van der Waals surface area contributed by atoms with Crippen molar-refractivity contribution in [1.82, 2.24) is 4.90 Å². The number of likely N-dealkylation sites (tertiary alicyclic amines) is 1. The van der Waals surface area contributed by atoms with Crippen LogP contribution >= 0.6 is 0 Å². The monoisotopic (exact) mass is 128 g/mol. The molecule has 0 unspecified atom stereocenters. The normalized spacial score (nSPS) is 17.6. The maximum Gasteiger partial charge on any atom is 0.322 e. The van der Waals surface area contributed by atoms with Gasteiger partial charge in [0, 0.05) is 0 Å². The molecule has 0 aromatic rings. The van der Waals surface area contributed by atoms with Crippen molar-refractivity contribution in [3.63, 3.8) is 0 Å². The summed E-state index contributed by atoms with van der Waals surface area (Å²) in [4.78, 5) is 31.2. The first-order valence-corrected chi connectivity index (χ1v) is 2.27. The average Bonchev–Trinajstić information content (AvgIpc) is 1.81. The maximum atomic E-state index is 10.3. The van der Waals surface area contributed by atoms with Crippen LogP contribution in [0, 0.1) is 0 Å². The van der Waals surface area contributed by atoms with E-state index in [4.69, 9.17) is 0 Å². The van der Waals surface area contributed by atoms with Crippen molar-refractivity contribution in [2.75, 3.05) is 6.54 Å². The minimum atomic E-state index is -0.861. The molecular formula is C4H4N2O3. The van der Waals surface area contributed by atoms with Crippen molar-refractivity contribution in [3.8, 4) is 0 Å². The molecule has 5 heteroatoms. The number of hydrogen-bond acceptors (Lipinski definition) is 3. The van der Waals surface area contributed by atoms with Crippen molar-refractivity contribution < 1.29 is 14.4 Å². The highest BCUT2D eigenvalue weighted by molar-refractivity contribution is 6.46. The number of urea groups is 1. The van der Waals surface area contributed by atoms with Crippen LogP contribution in [0.3, 0.4) is 0 Å². The predicted octanol–water partition coefficient (Wildman–Crippen LogP) is -1.52. The number of nitrogens with zero attached hydrogens (tertiary/aromatic N) is 1. The van der Waals surface area contributed by atoms with E-state index in [1.807, 2.05) is 0 Å². The molecule has 1 aliphatic rings. The largest absolute Gasteiger partial charge is 0.351 e. The first-order chi connectivity index (χ1) is 4.13. The van der Waals surface area contributed by atoms with E-state index in [0.29, 0.717) is 4.90 Å². The molecule has 9 heavy (non-hydrogen) atoms. The number of imide groups is 1. The summed E-state index contributed by atoms with van der Waals surface area (Å²) >= 11 is 0. The van der Waals surface area contributed by atoms with Gasteiger partial charge in [-0.2, -0.15) is 0 Å². The molecule has 3 amide bonds. The lowest BCUT2D eigenvalue weighted by atomic mass is 10.2. The Morgan fingerprint density at radius 1 is 1.56 bits per heavy atom. The van der Waals surface area contributed by atoms with Gasteiger partial charge in [0.05, 0.1) is 6.54 Å². The fourth-order valence-electron chi connectivity index (χ4n) is 0.520. The second-order valence-electron chi connectivity index (χ2n) is 1.65. The van der Waals surface area contributed by atoms with Crippen LogP contribution in [-0.4, -0.2) is 29.2 Å². The number of primary amides is 1. The van der Waals surface area contributed by atoms with E-state index in [0.717, 1.165) is 0 Å². The average molecular weight is 128 g/mol. The number of Topliss-reactive ketones (excluding diaryl/α,β-unsaturated/α-hetero) is 1. The zero-order valence-electron chi connectivity index (χ0n) is 4.46. The minimum Gasteiger partial charge on any atom is -0.351 e. The highest BCUT2D eigenvalue weighted by Gasteiger charge is 2.37. The zero-order valence-corrected chi connectivity index (χ0v) is 4.46. The van der Waals surface area contributed by atoms with Gasteiger partial charge in [-0.25, -0.2) is 9.69 Å². The Kier molecular flexibility index (Phi) is 0.985. The molecule has 0 aliphatic carbocycles. The molecule has 0 spiro atoms. The Hall–Kier alpha value is -1.39. The number of rotatable bonds is 0. The Bertz CT molecular complexity index is 198. The molecule has 1 heterocycles. The van der Waals surface area contributed by atoms with Crippen LogP contribution in [0.5, 0.6) is 0 Å². The first kappa shape index (κ1) is 5.74. The van der Waals surface area contributed by atoms with E-state index < -0.39 is 17.7 Å². The second-order valence-corrected chi connectivity index (χ2v) is 1.65. The summed E-state index contributed by atoms with van der Waals surface area (Å²) in [7, 11) is 0. The SMILES string of the molecule is NC(=O)N1CC(=O)C1=O. The predicted molar refractivity (Wildman–Crippen MR) is 26.3 cm³/mol. The highest BCUT2D eigenvalue weighted by atomic mass is 16.2. The minimum absolute atomic E-state index is 0.159. The van der Waals surface area contributed by atoms with Crippen LogP contribution in [0.15, 0.2) is 0 Å². The van der Waals surface area contributed by atoms with Crippen LogP contribution in [0.1, 0.15) is 0 Å². The fourth-order valence-corrected chi connectivity index (χ4v) is 0.520. The molecule has 0 aromatic carbocycles. The summed E-state index contributed by atoms with van der Waals surface area (Å²) in [5.41, 5.74) is 4.66. The van der Waals surface area contributed by atoms with Gasteiger partial charge in [0.15, 0.2) is 0 Å². The fraction of sp³-hybridized carbons (Fsp3) is 0.250. The van der Waals surface area contributed by atoms with Gasteiger partial charge in [0.2, 0.25) is 5.78 Å². The standard InChI is InChI=1S/C4H4N2O3/c5-4(9)6-1-2(7)3(6)8/h1H2,(H2,5,9). The lowest BCUT2D eigenvalue weighted by Crippen LogP contribution is -2.57. The van der Waals surface area contributed by atoms with Gasteiger partial charge in [-0.15, -0.1) is 0 Å². The topological polar surface area (TPSA) is 80.5 Å². The Labute approximate surface area is 50.4 Å². The Morgan fingerprint density at radius 3 is 2.22 bits per heavy atom. The van der Waals surface area contributed by atoms with Crippen molar-refractivity contribution in [1.29, 1.82) is 0 Å².